The van der Waals surface area contributed by atoms with E-state index in [-0.39, 0.29) is 5.69 Å². The molecule has 1 atom stereocenters. The number of hydrogen-bond acceptors (Lipinski definition) is 4. The van der Waals surface area contributed by atoms with E-state index in [0.29, 0.717) is 17.2 Å². The number of rotatable bonds is 5. The largest absolute Gasteiger partial charge is 0.476 e. The lowest BCUT2D eigenvalue weighted by atomic mass is 10.4. The van der Waals surface area contributed by atoms with Crippen molar-refractivity contribution in [2.45, 2.75) is 11.4 Å². The molecule has 0 bridgehead atoms. The number of hydrogen-bond donors (Lipinski definition) is 1. The molecule has 0 amide bonds. The number of aryl methyl sites for hydroxylation is 1. The van der Waals surface area contributed by atoms with Gasteiger partial charge in [0.1, 0.15) is 0 Å². The maximum Gasteiger partial charge on any atom is 0.358 e. The Morgan fingerprint density at radius 1 is 1.42 bits per heavy atom. The third-order valence-corrected chi connectivity index (χ3v) is 4.70. The molecule has 2 aromatic rings. The molecule has 0 saturated carbocycles. The fourth-order valence-electron chi connectivity index (χ4n) is 1.42. The van der Waals surface area contributed by atoms with Crippen molar-refractivity contribution in [2.75, 3.05) is 5.75 Å². The van der Waals surface area contributed by atoms with Gasteiger partial charge in [-0.05, 0) is 28.1 Å². The molecular weight excluding hydrogens is 334 g/mol. The lowest BCUT2D eigenvalue weighted by Crippen LogP contribution is -2.09. The minimum absolute atomic E-state index is 0.119. The van der Waals surface area contributed by atoms with Gasteiger partial charge >= 0.3 is 5.97 Å². The average Bonchev–Trinajstić information content (AvgIpc) is 2.85. The molecule has 19 heavy (non-hydrogen) atoms. The molecule has 0 radical (unpaired) electrons. The number of carboxylic acids is 1. The summed E-state index contributed by atoms with van der Waals surface area (Å²) in [5.41, 5.74) is -0.119. The maximum absolute atomic E-state index is 12.1. The smallest absolute Gasteiger partial charge is 0.358 e. The van der Waals surface area contributed by atoms with E-state index < -0.39 is 16.8 Å². The fourth-order valence-corrected chi connectivity index (χ4v) is 3.34. The second-order valence-electron chi connectivity index (χ2n) is 3.65. The predicted molar refractivity (Wildman–Crippen MR) is 72.4 cm³/mol. The third-order valence-electron chi connectivity index (χ3n) is 2.35. The lowest BCUT2D eigenvalue weighted by molar-refractivity contribution is 0.0690. The Morgan fingerprint density at radius 3 is 2.79 bits per heavy atom. The summed E-state index contributed by atoms with van der Waals surface area (Å²) in [5, 5.41) is 15.9. The van der Waals surface area contributed by atoms with Gasteiger partial charge in [-0.15, -0.1) is 5.10 Å². The van der Waals surface area contributed by atoms with Crippen molar-refractivity contribution >= 4 is 32.7 Å². The van der Waals surface area contributed by atoms with Gasteiger partial charge in [0.2, 0.25) is 0 Å². The van der Waals surface area contributed by atoms with E-state index in [1.807, 2.05) is 18.2 Å². The second-order valence-corrected chi connectivity index (χ2v) is 6.05. The number of carboxylic acid groups (broad SMARTS) is 1. The summed E-state index contributed by atoms with van der Waals surface area (Å²) in [6.07, 6.45) is 1.32. The number of benzene rings is 1. The van der Waals surface area contributed by atoms with E-state index in [2.05, 4.69) is 26.2 Å². The monoisotopic (exact) mass is 343 g/mol. The van der Waals surface area contributed by atoms with Crippen molar-refractivity contribution in [3.05, 3.63) is 40.6 Å². The number of nitrogens with zero attached hydrogens (tertiary/aromatic N) is 3. The zero-order chi connectivity index (χ0) is 13.8. The Bertz CT molecular complexity index is 629. The molecule has 0 aliphatic rings. The standard InChI is InChI=1S/C11H10BrN3O3S/c12-8-3-1-2-4-10(8)19(18)6-5-15-7-9(11(16)17)13-14-15/h1-4,7H,5-6H2,(H,16,17). The van der Waals surface area contributed by atoms with E-state index in [1.165, 1.54) is 10.9 Å². The first-order valence-corrected chi connectivity index (χ1v) is 7.45. The van der Waals surface area contributed by atoms with Gasteiger partial charge < -0.3 is 5.11 Å². The summed E-state index contributed by atoms with van der Waals surface area (Å²) in [6.45, 7) is 0.341. The maximum atomic E-state index is 12.1. The molecule has 0 spiro atoms. The number of carbonyl (C=O) groups is 1. The molecule has 0 aliphatic carbocycles. The molecule has 1 heterocycles. The van der Waals surface area contributed by atoms with E-state index in [9.17, 15) is 9.00 Å². The van der Waals surface area contributed by atoms with Crippen LogP contribution in [0.5, 0.6) is 0 Å². The molecule has 1 N–H and O–H groups in total. The van der Waals surface area contributed by atoms with E-state index in [1.54, 1.807) is 6.07 Å². The first kappa shape index (κ1) is 13.9. The summed E-state index contributed by atoms with van der Waals surface area (Å²) >= 11 is 3.34. The summed E-state index contributed by atoms with van der Waals surface area (Å²) < 4.78 is 14.2. The highest BCUT2D eigenvalue weighted by molar-refractivity contribution is 9.10. The van der Waals surface area contributed by atoms with Gasteiger partial charge in [-0.3, -0.25) is 8.89 Å². The van der Waals surface area contributed by atoms with Crippen LogP contribution in [0.2, 0.25) is 0 Å². The quantitative estimate of drug-likeness (QED) is 0.890. The zero-order valence-electron chi connectivity index (χ0n) is 9.69. The van der Waals surface area contributed by atoms with Crippen molar-refractivity contribution < 1.29 is 14.1 Å². The summed E-state index contributed by atoms with van der Waals surface area (Å²) in [6, 6.07) is 7.27. The van der Waals surface area contributed by atoms with Gasteiger partial charge in [-0.1, -0.05) is 17.3 Å². The molecule has 6 nitrogen and oxygen atoms in total. The molecule has 0 fully saturated rings. The second kappa shape index (κ2) is 6.07. The minimum atomic E-state index is -1.18. The summed E-state index contributed by atoms with van der Waals surface area (Å²) in [5.74, 6) is -0.788. The third kappa shape index (κ3) is 3.48. The van der Waals surface area contributed by atoms with Crippen LogP contribution in [0.1, 0.15) is 10.5 Å². The Hall–Kier alpha value is -1.54. The Morgan fingerprint density at radius 2 is 2.16 bits per heavy atom. The summed E-state index contributed by atoms with van der Waals surface area (Å²) in [4.78, 5) is 11.3. The summed E-state index contributed by atoms with van der Waals surface area (Å²) in [7, 11) is -1.18. The van der Waals surface area contributed by atoms with Gasteiger partial charge in [0.05, 0.1) is 28.4 Å². The highest BCUT2D eigenvalue weighted by atomic mass is 79.9. The number of aromatic carboxylic acids is 1. The van der Waals surface area contributed by atoms with E-state index in [0.717, 1.165) is 4.47 Å². The van der Waals surface area contributed by atoms with E-state index >= 15 is 0 Å². The van der Waals surface area contributed by atoms with Crippen LogP contribution >= 0.6 is 15.9 Å². The molecule has 8 heteroatoms. The van der Waals surface area contributed by atoms with Crippen molar-refractivity contribution in [3.8, 4) is 0 Å². The SMILES string of the molecule is O=C(O)c1cn(CCS(=O)c2ccccc2Br)nn1. The molecule has 0 saturated heterocycles. The molecule has 2 rings (SSSR count). The van der Waals surface area contributed by atoms with Crippen molar-refractivity contribution in [2.24, 2.45) is 0 Å². The van der Waals surface area contributed by atoms with Crippen LogP contribution in [0.4, 0.5) is 0 Å². The molecule has 0 aliphatic heterocycles. The van der Waals surface area contributed by atoms with Crippen molar-refractivity contribution in [1.29, 1.82) is 0 Å². The highest BCUT2D eigenvalue weighted by Gasteiger charge is 2.11. The highest BCUT2D eigenvalue weighted by Crippen LogP contribution is 2.19. The van der Waals surface area contributed by atoms with Gasteiger partial charge in [0.15, 0.2) is 5.69 Å². The number of halogens is 1. The average molecular weight is 344 g/mol. The van der Waals surface area contributed by atoms with Gasteiger partial charge in [-0.25, -0.2) is 4.79 Å². The fraction of sp³-hybridized carbons (Fsp3) is 0.182. The van der Waals surface area contributed by atoms with Gasteiger partial charge in [-0.2, -0.15) is 0 Å². The first-order valence-electron chi connectivity index (χ1n) is 5.34. The predicted octanol–water partition coefficient (Wildman–Crippen LogP) is 1.55. The van der Waals surface area contributed by atoms with Crippen LogP contribution in [-0.2, 0) is 17.3 Å². The molecule has 1 aromatic carbocycles. The van der Waals surface area contributed by atoms with E-state index in [4.69, 9.17) is 5.11 Å². The van der Waals surface area contributed by atoms with Crippen molar-refractivity contribution in [1.82, 2.24) is 15.0 Å². The Kier molecular flexibility index (Phi) is 4.43. The van der Waals surface area contributed by atoms with Crippen LogP contribution in [0.15, 0.2) is 39.8 Å². The topological polar surface area (TPSA) is 85.1 Å². The minimum Gasteiger partial charge on any atom is -0.476 e. The van der Waals surface area contributed by atoms with Crippen LogP contribution in [0.25, 0.3) is 0 Å². The van der Waals surface area contributed by atoms with Crippen LogP contribution in [0, 0.1) is 0 Å². The Labute approximate surface area is 120 Å². The molecule has 1 aromatic heterocycles. The normalized spacial score (nSPS) is 12.3. The van der Waals surface area contributed by atoms with Crippen LogP contribution < -0.4 is 0 Å². The van der Waals surface area contributed by atoms with Crippen LogP contribution in [-0.4, -0.2) is 36.0 Å². The van der Waals surface area contributed by atoms with Crippen LogP contribution in [0.3, 0.4) is 0 Å². The van der Waals surface area contributed by atoms with Gasteiger partial charge in [0.25, 0.3) is 0 Å². The lowest BCUT2D eigenvalue weighted by Gasteiger charge is -2.04. The zero-order valence-corrected chi connectivity index (χ0v) is 12.1. The first-order chi connectivity index (χ1) is 9.08. The molecule has 100 valence electrons. The molecule has 1 unspecified atom stereocenters. The van der Waals surface area contributed by atoms with Gasteiger partial charge in [0, 0.05) is 10.2 Å². The van der Waals surface area contributed by atoms with Crippen molar-refractivity contribution in [3.63, 3.8) is 0 Å². The molecular formula is C11H10BrN3O3S. The Balaban J connectivity index is 2.00. The number of aromatic nitrogens is 3.